The molecule has 0 saturated carbocycles. The Morgan fingerprint density at radius 3 is 2.50 bits per heavy atom. The summed E-state index contributed by atoms with van der Waals surface area (Å²) in [7, 11) is 2.21. The number of nitrogens with one attached hydrogen (secondary N) is 1. The average Bonchev–Trinajstić information content (AvgIpc) is 2.71. The lowest BCUT2D eigenvalue weighted by atomic mass is 9.78. The maximum absolute atomic E-state index is 9.33. The van der Waals surface area contributed by atoms with Crippen LogP contribution in [0.15, 0.2) is 0 Å². The maximum Gasteiger partial charge on any atom is 0.0473 e. The Balaban J connectivity index is 2.33. The summed E-state index contributed by atoms with van der Waals surface area (Å²) >= 11 is 0. The van der Waals surface area contributed by atoms with Crippen molar-refractivity contribution in [1.29, 1.82) is 0 Å². The Kier molecular flexibility index (Phi) is 6.09. The normalized spacial score (nSPS) is 23.8. The van der Waals surface area contributed by atoms with Crippen LogP contribution in [0.2, 0.25) is 0 Å². The molecule has 0 bridgehead atoms. The Bertz CT molecular complexity index is 241. The van der Waals surface area contributed by atoms with Crippen molar-refractivity contribution in [2.75, 3.05) is 39.8 Å². The van der Waals surface area contributed by atoms with Crippen LogP contribution < -0.4 is 5.32 Å². The minimum atomic E-state index is 0.289. The smallest absolute Gasteiger partial charge is 0.0473 e. The van der Waals surface area contributed by atoms with Gasteiger partial charge in [-0.05, 0) is 43.2 Å². The number of likely N-dealkylation sites (tertiary alicyclic amines) is 1. The lowest BCUT2D eigenvalue weighted by molar-refractivity contribution is 0.167. The molecule has 0 aliphatic carbocycles. The fourth-order valence-electron chi connectivity index (χ4n) is 2.81. The number of hydrogen-bond acceptors (Lipinski definition) is 3. The highest BCUT2D eigenvalue weighted by Crippen LogP contribution is 2.33. The predicted octanol–water partition coefficient (Wildman–Crippen LogP) is 1.82. The Morgan fingerprint density at radius 2 is 2.06 bits per heavy atom. The van der Waals surface area contributed by atoms with Crippen LogP contribution >= 0.6 is 0 Å². The summed E-state index contributed by atoms with van der Waals surface area (Å²) in [6.45, 7) is 13.8. The molecule has 0 radical (unpaired) electrons. The summed E-state index contributed by atoms with van der Waals surface area (Å²) in [6, 6.07) is 0. The van der Waals surface area contributed by atoms with Gasteiger partial charge in [-0.1, -0.05) is 27.7 Å². The summed E-state index contributed by atoms with van der Waals surface area (Å²) in [5, 5.41) is 12.9. The van der Waals surface area contributed by atoms with Crippen LogP contribution in [0.3, 0.4) is 0 Å². The first-order valence-electron chi connectivity index (χ1n) is 7.37. The molecule has 2 unspecified atom stereocenters. The molecule has 18 heavy (non-hydrogen) atoms. The van der Waals surface area contributed by atoms with E-state index < -0.39 is 0 Å². The summed E-state index contributed by atoms with van der Waals surface area (Å²) < 4.78 is 0. The van der Waals surface area contributed by atoms with Crippen LogP contribution in [0, 0.1) is 23.2 Å². The van der Waals surface area contributed by atoms with E-state index in [-0.39, 0.29) is 6.61 Å². The van der Waals surface area contributed by atoms with Crippen molar-refractivity contribution in [3.05, 3.63) is 0 Å². The fourth-order valence-corrected chi connectivity index (χ4v) is 2.81. The van der Waals surface area contributed by atoms with Gasteiger partial charge in [0.1, 0.15) is 0 Å². The second kappa shape index (κ2) is 6.88. The molecule has 2 N–H and O–H groups in total. The van der Waals surface area contributed by atoms with Gasteiger partial charge in [0.2, 0.25) is 0 Å². The number of nitrogens with zero attached hydrogens (tertiary/aromatic N) is 1. The highest BCUT2D eigenvalue weighted by molar-refractivity contribution is 4.87. The summed E-state index contributed by atoms with van der Waals surface area (Å²) in [6.07, 6.45) is 1.32. The summed E-state index contributed by atoms with van der Waals surface area (Å²) in [5.74, 6) is 1.72. The number of aliphatic hydroxyl groups is 1. The Hall–Kier alpha value is -0.120. The van der Waals surface area contributed by atoms with Crippen molar-refractivity contribution in [1.82, 2.24) is 10.2 Å². The Morgan fingerprint density at radius 1 is 1.39 bits per heavy atom. The van der Waals surface area contributed by atoms with E-state index in [0.29, 0.717) is 17.3 Å². The molecule has 0 aromatic heterocycles. The highest BCUT2D eigenvalue weighted by atomic mass is 16.3. The van der Waals surface area contributed by atoms with Crippen LogP contribution in [0.1, 0.15) is 34.1 Å². The van der Waals surface area contributed by atoms with Gasteiger partial charge in [-0.15, -0.1) is 0 Å². The molecule has 0 aromatic carbocycles. The van der Waals surface area contributed by atoms with Gasteiger partial charge in [0.15, 0.2) is 0 Å². The van der Waals surface area contributed by atoms with Gasteiger partial charge in [0.25, 0.3) is 0 Å². The van der Waals surface area contributed by atoms with E-state index in [2.05, 4.69) is 45.0 Å². The average molecular weight is 256 g/mol. The zero-order valence-corrected chi connectivity index (χ0v) is 12.9. The SMILES string of the molecule is CC(C)C(CO)CNCC(C)(C)C1CCN(C)C1. The van der Waals surface area contributed by atoms with Crippen molar-refractivity contribution in [2.45, 2.75) is 34.1 Å². The van der Waals surface area contributed by atoms with Gasteiger partial charge < -0.3 is 15.3 Å². The molecule has 1 aliphatic rings. The third-order valence-electron chi connectivity index (χ3n) is 4.66. The minimum absolute atomic E-state index is 0.289. The van der Waals surface area contributed by atoms with E-state index in [1.165, 1.54) is 19.5 Å². The van der Waals surface area contributed by atoms with Crippen molar-refractivity contribution in [3.8, 4) is 0 Å². The van der Waals surface area contributed by atoms with Crippen molar-refractivity contribution < 1.29 is 5.11 Å². The molecular formula is C15H32N2O. The largest absolute Gasteiger partial charge is 0.396 e. The minimum Gasteiger partial charge on any atom is -0.396 e. The highest BCUT2D eigenvalue weighted by Gasteiger charge is 2.33. The molecule has 1 saturated heterocycles. The third kappa shape index (κ3) is 4.52. The standard InChI is InChI=1S/C15H32N2O/c1-12(2)13(10-18)8-16-11-15(3,4)14-6-7-17(5)9-14/h12-14,16,18H,6-11H2,1-5H3. The first-order valence-corrected chi connectivity index (χ1v) is 7.37. The summed E-state index contributed by atoms with van der Waals surface area (Å²) in [5.41, 5.74) is 0.349. The zero-order chi connectivity index (χ0) is 13.8. The van der Waals surface area contributed by atoms with Gasteiger partial charge in [-0.2, -0.15) is 0 Å². The Labute approximate surface area is 113 Å². The fraction of sp³-hybridized carbons (Fsp3) is 1.00. The van der Waals surface area contributed by atoms with Gasteiger partial charge in [0, 0.05) is 26.2 Å². The van der Waals surface area contributed by atoms with Crippen LogP contribution in [-0.2, 0) is 0 Å². The quantitative estimate of drug-likeness (QED) is 0.729. The second-order valence-corrected chi connectivity index (χ2v) is 7.05. The van der Waals surface area contributed by atoms with Crippen molar-refractivity contribution in [3.63, 3.8) is 0 Å². The van der Waals surface area contributed by atoms with E-state index in [4.69, 9.17) is 0 Å². The molecule has 2 atom stereocenters. The molecule has 0 spiro atoms. The topological polar surface area (TPSA) is 35.5 Å². The maximum atomic E-state index is 9.33. The van der Waals surface area contributed by atoms with Gasteiger partial charge in [-0.3, -0.25) is 0 Å². The van der Waals surface area contributed by atoms with Crippen LogP contribution in [0.4, 0.5) is 0 Å². The molecule has 1 rings (SSSR count). The molecule has 3 nitrogen and oxygen atoms in total. The first-order chi connectivity index (χ1) is 8.36. The lowest BCUT2D eigenvalue weighted by Crippen LogP contribution is -2.40. The molecule has 1 aliphatic heterocycles. The van der Waals surface area contributed by atoms with Crippen LogP contribution in [0.5, 0.6) is 0 Å². The summed E-state index contributed by atoms with van der Waals surface area (Å²) in [4.78, 5) is 2.43. The van der Waals surface area contributed by atoms with E-state index >= 15 is 0 Å². The van der Waals surface area contributed by atoms with Gasteiger partial charge >= 0.3 is 0 Å². The second-order valence-electron chi connectivity index (χ2n) is 7.05. The zero-order valence-electron chi connectivity index (χ0n) is 12.9. The molecule has 108 valence electrons. The van der Waals surface area contributed by atoms with Crippen molar-refractivity contribution in [2.24, 2.45) is 23.2 Å². The number of rotatable bonds is 7. The third-order valence-corrected chi connectivity index (χ3v) is 4.66. The molecular weight excluding hydrogens is 224 g/mol. The monoisotopic (exact) mass is 256 g/mol. The first kappa shape index (κ1) is 15.9. The lowest BCUT2D eigenvalue weighted by Gasteiger charge is -2.33. The van der Waals surface area contributed by atoms with Gasteiger partial charge in [0.05, 0.1) is 0 Å². The molecule has 3 heteroatoms. The molecule has 1 heterocycles. The van der Waals surface area contributed by atoms with Crippen molar-refractivity contribution >= 4 is 0 Å². The van der Waals surface area contributed by atoms with E-state index in [9.17, 15) is 5.11 Å². The van der Waals surface area contributed by atoms with E-state index in [1.54, 1.807) is 0 Å². The molecule has 0 amide bonds. The van der Waals surface area contributed by atoms with Gasteiger partial charge in [-0.25, -0.2) is 0 Å². The van der Waals surface area contributed by atoms with E-state index in [0.717, 1.165) is 19.0 Å². The van der Waals surface area contributed by atoms with Crippen LogP contribution in [0.25, 0.3) is 0 Å². The van der Waals surface area contributed by atoms with E-state index in [1.807, 2.05) is 0 Å². The number of aliphatic hydroxyl groups excluding tert-OH is 1. The predicted molar refractivity (Wildman–Crippen MR) is 77.7 cm³/mol. The van der Waals surface area contributed by atoms with Crippen LogP contribution in [-0.4, -0.2) is 49.8 Å². The molecule has 0 aromatic rings. The molecule has 1 fully saturated rings. The number of hydrogen-bond donors (Lipinski definition) is 2.